The topological polar surface area (TPSA) is 78.2 Å². The van der Waals surface area contributed by atoms with E-state index in [1.54, 1.807) is 17.4 Å². The SMILES string of the molecule is COc1ccc(Nc2nc(C(=O)N3CCc4ccc(C#N)cc4C3)cs2)cc1. The third-order valence-electron chi connectivity index (χ3n) is 4.70. The lowest BCUT2D eigenvalue weighted by Gasteiger charge is -2.28. The van der Waals surface area contributed by atoms with Crippen LogP contribution < -0.4 is 10.1 Å². The van der Waals surface area contributed by atoms with Crippen molar-refractivity contribution in [2.75, 3.05) is 19.0 Å². The van der Waals surface area contributed by atoms with Gasteiger partial charge in [-0.1, -0.05) is 6.07 Å². The van der Waals surface area contributed by atoms with Crippen LogP contribution in [0.25, 0.3) is 0 Å². The van der Waals surface area contributed by atoms with Gasteiger partial charge in [-0.2, -0.15) is 5.26 Å². The first-order valence-corrected chi connectivity index (χ1v) is 9.72. The average Bonchev–Trinajstić information content (AvgIpc) is 3.21. The van der Waals surface area contributed by atoms with Gasteiger partial charge in [0.15, 0.2) is 5.13 Å². The van der Waals surface area contributed by atoms with Crippen LogP contribution >= 0.6 is 11.3 Å². The van der Waals surface area contributed by atoms with Crippen LogP contribution in [0.3, 0.4) is 0 Å². The first-order chi connectivity index (χ1) is 13.7. The number of carbonyl (C=O) groups excluding carboxylic acids is 1. The zero-order valence-electron chi connectivity index (χ0n) is 15.3. The van der Waals surface area contributed by atoms with Gasteiger partial charge in [0.2, 0.25) is 0 Å². The third-order valence-corrected chi connectivity index (χ3v) is 5.46. The molecule has 6 nitrogen and oxygen atoms in total. The fourth-order valence-corrected chi connectivity index (χ4v) is 3.89. The molecule has 0 saturated heterocycles. The van der Waals surface area contributed by atoms with Gasteiger partial charge >= 0.3 is 0 Å². The second kappa shape index (κ2) is 7.71. The van der Waals surface area contributed by atoms with Gasteiger partial charge in [-0.05, 0) is 53.9 Å². The summed E-state index contributed by atoms with van der Waals surface area (Å²) in [4.78, 5) is 19.1. The largest absolute Gasteiger partial charge is 0.497 e. The summed E-state index contributed by atoms with van der Waals surface area (Å²) in [7, 11) is 1.63. The second-order valence-corrected chi connectivity index (χ2v) is 7.32. The van der Waals surface area contributed by atoms with Crippen LogP contribution in [0.4, 0.5) is 10.8 Å². The highest BCUT2D eigenvalue weighted by Crippen LogP contribution is 2.25. The molecule has 2 aromatic carbocycles. The maximum Gasteiger partial charge on any atom is 0.273 e. The molecule has 0 saturated carbocycles. The summed E-state index contributed by atoms with van der Waals surface area (Å²) < 4.78 is 5.15. The normalized spacial score (nSPS) is 12.8. The number of benzene rings is 2. The van der Waals surface area contributed by atoms with Crippen LogP contribution in [-0.2, 0) is 13.0 Å². The Morgan fingerprint density at radius 2 is 2.07 bits per heavy atom. The molecule has 0 spiro atoms. The van der Waals surface area contributed by atoms with E-state index in [2.05, 4.69) is 16.4 Å². The molecule has 0 fully saturated rings. The number of nitrogens with one attached hydrogen (secondary N) is 1. The van der Waals surface area contributed by atoms with Crippen LogP contribution in [0, 0.1) is 11.3 Å². The number of fused-ring (bicyclic) bond motifs is 1. The van der Waals surface area contributed by atoms with Crippen molar-refractivity contribution >= 4 is 28.1 Å². The molecule has 0 aliphatic carbocycles. The van der Waals surface area contributed by atoms with Gasteiger partial charge in [-0.25, -0.2) is 4.98 Å². The minimum absolute atomic E-state index is 0.0907. The zero-order chi connectivity index (χ0) is 19.5. The average molecular weight is 390 g/mol. The van der Waals surface area contributed by atoms with E-state index in [0.717, 1.165) is 23.4 Å². The van der Waals surface area contributed by atoms with Gasteiger partial charge in [-0.15, -0.1) is 11.3 Å². The Kier molecular flexibility index (Phi) is 4.96. The van der Waals surface area contributed by atoms with Crippen molar-refractivity contribution in [1.82, 2.24) is 9.88 Å². The Balaban J connectivity index is 1.46. The monoisotopic (exact) mass is 390 g/mol. The molecule has 0 atom stereocenters. The third kappa shape index (κ3) is 3.68. The van der Waals surface area contributed by atoms with Crippen LogP contribution in [0.5, 0.6) is 5.75 Å². The zero-order valence-corrected chi connectivity index (χ0v) is 16.1. The Hall–Kier alpha value is -3.37. The Bertz CT molecular complexity index is 1050. The molecule has 2 heterocycles. The number of aromatic nitrogens is 1. The van der Waals surface area contributed by atoms with Crippen molar-refractivity contribution in [3.63, 3.8) is 0 Å². The molecular weight excluding hydrogens is 372 g/mol. The van der Waals surface area contributed by atoms with E-state index in [1.165, 1.54) is 16.9 Å². The lowest BCUT2D eigenvalue weighted by atomic mass is 9.97. The fourth-order valence-electron chi connectivity index (χ4n) is 3.19. The molecule has 1 aliphatic heterocycles. The fraction of sp³-hybridized carbons (Fsp3) is 0.190. The van der Waals surface area contributed by atoms with Crippen molar-refractivity contribution in [2.24, 2.45) is 0 Å². The molecule has 3 aromatic rings. The summed E-state index contributed by atoms with van der Waals surface area (Å²) >= 11 is 1.39. The van der Waals surface area contributed by atoms with E-state index < -0.39 is 0 Å². The smallest absolute Gasteiger partial charge is 0.273 e. The van der Waals surface area contributed by atoms with Crippen LogP contribution in [0.1, 0.15) is 27.2 Å². The van der Waals surface area contributed by atoms with Crippen molar-refractivity contribution in [1.29, 1.82) is 5.26 Å². The number of amides is 1. The molecule has 1 aliphatic rings. The molecule has 1 N–H and O–H groups in total. The van der Waals surface area contributed by atoms with Crippen molar-refractivity contribution in [3.05, 3.63) is 70.2 Å². The number of nitrogens with zero attached hydrogens (tertiary/aromatic N) is 3. The van der Waals surface area contributed by atoms with E-state index in [4.69, 9.17) is 10.00 Å². The molecule has 0 radical (unpaired) electrons. The molecule has 1 amide bonds. The Morgan fingerprint density at radius 3 is 2.82 bits per heavy atom. The lowest BCUT2D eigenvalue weighted by Crippen LogP contribution is -2.36. The number of thiazole rings is 1. The van der Waals surface area contributed by atoms with E-state index >= 15 is 0 Å². The van der Waals surface area contributed by atoms with Gasteiger partial charge in [-0.3, -0.25) is 4.79 Å². The van der Waals surface area contributed by atoms with E-state index in [9.17, 15) is 4.79 Å². The van der Waals surface area contributed by atoms with E-state index in [-0.39, 0.29) is 5.91 Å². The van der Waals surface area contributed by atoms with Gasteiger partial charge < -0.3 is 15.0 Å². The van der Waals surface area contributed by atoms with E-state index in [0.29, 0.717) is 29.5 Å². The minimum atomic E-state index is -0.0907. The first-order valence-electron chi connectivity index (χ1n) is 8.84. The molecule has 0 unspecified atom stereocenters. The highest BCUT2D eigenvalue weighted by atomic mass is 32.1. The van der Waals surface area contributed by atoms with Gasteiger partial charge in [0.1, 0.15) is 11.4 Å². The minimum Gasteiger partial charge on any atom is -0.497 e. The number of carbonyl (C=O) groups is 1. The van der Waals surface area contributed by atoms with E-state index in [1.807, 2.05) is 42.5 Å². The highest BCUT2D eigenvalue weighted by molar-refractivity contribution is 7.14. The van der Waals surface area contributed by atoms with Crippen molar-refractivity contribution in [3.8, 4) is 11.8 Å². The predicted octanol–water partition coefficient (Wildman–Crippen LogP) is 3.97. The van der Waals surface area contributed by atoms with Crippen LogP contribution in [-0.4, -0.2) is 29.4 Å². The maximum atomic E-state index is 12.9. The molecule has 140 valence electrons. The molecule has 4 rings (SSSR count). The Morgan fingerprint density at radius 1 is 1.25 bits per heavy atom. The summed E-state index contributed by atoms with van der Waals surface area (Å²) in [6.45, 7) is 1.15. The molecule has 1 aromatic heterocycles. The standard InChI is InChI=1S/C21H18N4O2S/c1-27-18-6-4-17(5-7-18)23-21-24-19(13-28-21)20(26)25-9-8-15-3-2-14(11-22)10-16(15)12-25/h2-7,10,13H,8-9,12H2,1H3,(H,23,24). The lowest BCUT2D eigenvalue weighted by molar-refractivity contribution is 0.0729. The molecular formula is C21H18N4O2S. The number of methoxy groups -OCH3 is 1. The number of hydrogen-bond donors (Lipinski definition) is 1. The summed E-state index contributed by atoms with van der Waals surface area (Å²) in [5.74, 6) is 0.692. The van der Waals surface area contributed by atoms with Crippen molar-refractivity contribution < 1.29 is 9.53 Å². The summed E-state index contributed by atoms with van der Waals surface area (Å²) in [6.07, 6.45) is 0.786. The maximum absolute atomic E-state index is 12.9. The molecule has 0 bridgehead atoms. The van der Waals surface area contributed by atoms with Gasteiger partial charge in [0.25, 0.3) is 5.91 Å². The number of nitriles is 1. The molecule has 28 heavy (non-hydrogen) atoms. The highest BCUT2D eigenvalue weighted by Gasteiger charge is 2.24. The summed E-state index contributed by atoms with van der Waals surface area (Å²) in [5.41, 5.74) is 4.16. The quantitative estimate of drug-likeness (QED) is 0.729. The van der Waals surface area contributed by atoms with Crippen LogP contribution in [0.2, 0.25) is 0 Å². The first kappa shape index (κ1) is 18.0. The van der Waals surface area contributed by atoms with Gasteiger partial charge in [0.05, 0.1) is 18.7 Å². The number of hydrogen-bond acceptors (Lipinski definition) is 6. The molecule has 7 heteroatoms. The number of ether oxygens (including phenoxy) is 1. The predicted molar refractivity (Wildman–Crippen MR) is 108 cm³/mol. The Labute approximate surface area is 167 Å². The second-order valence-electron chi connectivity index (χ2n) is 6.46. The van der Waals surface area contributed by atoms with Gasteiger partial charge in [0, 0.05) is 24.2 Å². The number of rotatable bonds is 4. The van der Waals surface area contributed by atoms with Crippen LogP contribution in [0.15, 0.2) is 47.8 Å². The summed E-state index contributed by atoms with van der Waals surface area (Å²) in [5, 5.41) is 14.7. The van der Waals surface area contributed by atoms with Crippen molar-refractivity contribution in [2.45, 2.75) is 13.0 Å². The number of anilines is 2. The summed E-state index contributed by atoms with van der Waals surface area (Å²) in [6, 6.07) is 15.4.